The van der Waals surface area contributed by atoms with Crippen molar-refractivity contribution < 1.29 is 0 Å². The minimum Gasteiger partial charge on any atom is -0.264 e. The molecule has 0 N–H and O–H groups in total. The Bertz CT molecular complexity index is 3150. The molecule has 0 saturated heterocycles. The molecule has 3 aromatic heterocycles. The highest BCUT2D eigenvalue weighted by atomic mass is 32.1. The molecule has 0 amide bonds. The van der Waals surface area contributed by atoms with Crippen LogP contribution in [0.15, 0.2) is 176 Å². The maximum Gasteiger partial charge on any atom is 0.160 e. The van der Waals surface area contributed by atoms with Crippen LogP contribution in [-0.4, -0.2) is 15.0 Å². The van der Waals surface area contributed by atoms with Gasteiger partial charge in [-0.3, -0.25) is 4.98 Å². The fraction of sp³-hybridized carbons (Fsp3) is 0. The molecule has 0 aliphatic rings. The molecule has 0 atom stereocenters. The van der Waals surface area contributed by atoms with Gasteiger partial charge in [0.25, 0.3) is 0 Å². The van der Waals surface area contributed by atoms with Crippen molar-refractivity contribution in [2.45, 2.75) is 0 Å². The van der Waals surface area contributed by atoms with Crippen LogP contribution in [0.3, 0.4) is 0 Å². The molecule has 0 unspecified atom stereocenters. The van der Waals surface area contributed by atoms with Gasteiger partial charge in [-0.2, -0.15) is 0 Å². The number of thiophene rings is 1. The van der Waals surface area contributed by atoms with Crippen LogP contribution in [0.5, 0.6) is 0 Å². The Balaban J connectivity index is 1.07. The summed E-state index contributed by atoms with van der Waals surface area (Å²) in [6.07, 6.45) is 3.70. The molecule has 246 valence electrons. The highest BCUT2D eigenvalue weighted by Gasteiger charge is 2.17. The van der Waals surface area contributed by atoms with E-state index in [1.54, 1.807) is 6.20 Å². The second-order valence-electron chi connectivity index (χ2n) is 13.6. The van der Waals surface area contributed by atoms with Gasteiger partial charge >= 0.3 is 0 Å². The fourth-order valence-electron chi connectivity index (χ4n) is 7.93. The third kappa shape index (κ3) is 4.99. The molecule has 11 rings (SSSR count). The standard InChI is InChI=1S/C49H29N3S/c1-2-12-45-40(11-1)42-27-36(21-24-46(42)53-45)30-13-15-31(16-14-30)43-28-44(52-49(51-43)37-9-4-8-35(26-37)38-10-5-25-50-29-38)39-22-19-34-18-17-32-6-3-7-33-20-23-41(39)48(34)47(32)33/h1-29H. The first-order chi connectivity index (χ1) is 26.2. The van der Waals surface area contributed by atoms with E-state index in [0.717, 1.165) is 39.2 Å². The van der Waals surface area contributed by atoms with Gasteiger partial charge in [0.1, 0.15) is 0 Å². The molecule has 53 heavy (non-hydrogen) atoms. The molecule has 3 nitrogen and oxygen atoms in total. The van der Waals surface area contributed by atoms with Gasteiger partial charge in [0.05, 0.1) is 11.4 Å². The predicted octanol–water partition coefficient (Wildman–Crippen LogP) is 13.5. The van der Waals surface area contributed by atoms with Gasteiger partial charge in [0, 0.05) is 54.8 Å². The Kier molecular flexibility index (Phi) is 6.73. The first-order valence-corrected chi connectivity index (χ1v) is 18.6. The first kappa shape index (κ1) is 29.9. The highest BCUT2D eigenvalue weighted by molar-refractivity contribution is 7.25. The van der Waals surface area contributed by atoms with Crippen LogP contribution in [0.4, 0.5) is 0 Å². The van der Waals surface area contributed by atoms with Crippen molar-refractivity contribution in [1.82, 2.24) is 15.0 Å². The number of pyridine rings is 1. The van der Waals surface area contributed by atoms with Gasteiger partial charge in [-0.05, 0) is 85.4 Å². The van der Waals surface area contributed by atoms with E-state index in [-0.39, 0.29) is 0 Å². The second-order valence-corrected chi connectivity index (χ2v) is 14.7. The lowest BCUT2D eigenvalue weighted by Crippen LogP contribution is -1.97. The van der Waals surface area contributed by atoms with E-state index in [0.29, 0.717) is 5.82 Å². The van der Waals surface area contributed by atoms with E-state index < -0.39 is 0 Å². The van der Waals surface area contributed by atoms with E-state index in [2.05, 4.69) is 163 Å². The Morgan fingerprint density at radius 1 is 0.377 bits per heavy atom. The number of hydrogen-bond acceptors (Lipinski definition) is 4. The summed E-state index contributed by atoms with van der Waals surface area (Å²) < 4.78 is 2.63. The molecule has 4 heteroatoms. The van der Waals surface area contributed by atoms with Crippen molar-refractivity contribution in [3.05, 3.63) is 176 Å². The molecular formula is C49H29N3S. The third-order valence-electron chi connectivity index (χ3n) is 10.5. The number of nitrogens with zero attached hydrogens (tertiary/aromatic N) is 3. The van der Waals surface area contributed by atoms with Gasteiger partial charge in [0.15, 0.2) is 5.82 Å². The monoisotopic (exact) mass is 691 g/mol. The highest BCUT2D eigenvalue weighted by Crippen LogP contribution is 2.41. The van der Waals surface area contributed by atoms with Crippen LogP contribution < -0.4 is 0 Å². The molecule has 11 aromatic rings. The van der Waals surface area contributed by atoms with E-state index in [1.807, 2.05) is 23.6 Å². The van der Waals surface area contributed by atoms with Gasteiger partial charge in [-0.15, -0.1) is 11.3 Å². The normalized spacial score (nSPS) is 11.8. The summed E-state index contributed by atoms with van der Waals surface area (Å²) in [7, 11) is 0. The predicted molar refractivity (Wildman–Crippen MR) is 224 cm³/mol. The summed E-state index contributed by atoms with van der Waals surface area (Å²) in [5, 5.41) is 10.1. The van der Waals surface area contributed by atoms with Gasteiger partial charge in [0.2, 0.25) is 0 Å². The largest absolute Gasteiger partial charge is 0.264 e. The van der Waals surface area contributed by atoms with Crippen molar-refractivity contribution in [3.63, 3.8) is 0 Å². The summed E-state index contributed by atoms with van der Waals surface area (Å²) in [5.41, 5.74) is 9.39. The van der Waals surface area contributed by atoms with Crippen LogP contribution >= 0.6 is 11.3 Å². The van der Waals surface area contributed by atoms with E-state index in [9.17, 15) is 0 Å². The summed E-state index contributed by atoms with van der Waals surface area (Å²) >= 11 is 1.85. The topological polar surface area (TPSA) is 38.7 Å². The molecular weight excluding hydrogens is 663 g/mol. The minimum atomic E-state index is 0.688. The smallest absolute Gasteiger partial charge is 0.160 e. The molecule has 0 fully saturated rings. The van der Waals surface area contributed by atoms with Crippen LogP contribution in [0.25, 0.3) is 109 Å². The molecule has 0 radical (unpaired) electrons. The Morgan fingerprint density at radius 3 is 1.92 bits per heavy atom. The maximum atomic E-state index is 5.30. The molecule has 0 aliphatic carbocycles. The van der Waals surface area contributed by atoms with Gasteiger partial charge < -0.3 is 0 Å². The number of benzene rings is 8. The maximum absolute atomic E-state index is 5.30. The van der Waals surface area contributed by atoms with Crippen LogP contribution in [0, 0.1) is 0 Å². The molecule has 3 heterocycles. The average Bonchev–Trinajstić information content (AvgIpc) is 3.61. The van der Waals surface area contributed by atoms with Gasteiger partial charge in [-0.25, -0.2) is 9.97 Å². The van der Waals surface area contributed by atoms with E-state index >= 15 is 0 Å². The lowest BCUT2D eigenvalue weighted by Gasteiger charge is -2.15. The van der Waals surface area contributed by atoms with Crippen LogP contribution in [0.2, 0.25) is 0 Å². The first-order valence-electron chi connectivity index (χ1n) is 17.8. The van der Waals surface area contributed by atoms with Crippen molar-refractivity contribution in [1.29, 1.82) is 0 Å². The molecule has 8 aromatic carbocycles. The quantitative estimate of drug-likeness (QED) is 0.169. The lowest BCUT2D eigenvalue weighted by atomic mass is 9.91. The van der Waals surface area contributed by atoms with Crippen molar-refractivity contribution >= 4 is 63.8 Å². The molecule has 0 spiro atoms. The zero-order valence-corrected chi connectivity index (χ0v) is 29.3. The van der Waals surface area contributed by atoms with Gasteiger partial charge in [-0.1, -0.05) is 127 Å². The third-order valence-corrected chi connectivity index (χ3v) is 11.7. The molecule has 0 saturated carbocycles. The summed E-state index contributed by atoms with van der Waals surface area (Å²) in [5.74, 6) is 0.688. The summed E-state index contributed by atoms with van der Waals surface area (Å²) in [6, 6.07) is 58.9. The number of hydrogen-bond donors (Lipinski definition) is 0. The zero-order valence-electron chi connectivity index (χ0n) is 28.5. The van der Waals surface area contributed by atoms with Crippen molar-refractivity contribution in [2.75, 3.05) is 0 Å². The minimum absolute atomic E-state index is 0.688. The molecule has 0 aliphatic heterocycles. The van der Waals surface area contributed by atoms with Crippen LogP contribution in [0.1, 0.15) is 0 Å². The fourth-order valence-corrected chi connectivity index (χ4v) is 9.02. The number of rotatable bonds is 5. The number of fused-ring (bicyclic) bond motifs is 3. The van der Waals surface area contributed by atoms with E-state index in [4.69, 9.17) is 9.97 Å². The SMILES string of the molecule is c1cncc(-c2cccc(-c3nc(-c4ccc(-c5ccc6sc7ccccc7c6c5)cc4)cc(-c4ccc5ccc6cccc7ccc4c5c67)n3)c2)c1. The molecule has 0 bridgehead atoms. The Hall–Kier alpha value is -6.75. The zero-order chi connectivity index (χ0) is 34.9. The van der Waals surface area contributed by atoms with E-state index in [1.165, 1.54) is 63.6 Å². The number of aromatic nitrogens is 3. The van der Waals surface area contributed by atoms with Crippen molar-refractivity contribution in [2.24, 2.45) is 0 Å². The van der Waals surface area contributed by atoms with Crippen molar-refractivity contribution in [3.8, 4) is 56.2 Å². The summed E-state index contributed by atoms with van der Waals surface area (Å²) in [4.78, 5) is 14.9. The lowest BCUT2D eigenvalue weighted by molar-refractivity contribution is 1.18. The second kappa shape index (κ2) is 11.9. The summed E-state index contributed by atoms with van der Waals surface area (Å²) in [6.45, 7) is 0. The average molecular weight is 692 g/mol. The Labute approximate surface area is 309 Å². The Morgan fingerprint density at radius 2 is 1.06 bits per heavy atom. The van der Waals surface area contributed by atoms with Crippen LogP contribution in [-0.2, 0) is 0 Å².